The van der Waals surface area contributed by atoms with Gasteiger partial charge in [-0.25, -0.2) is 4.79 Å². The topological polar surface area (TPSA) is 52.7 Å². The van der Waals surface area contributed by atoms with Gasteiger partial charge >= 0.3 is 6.03 Å². The molecule has 3 amide bonds. The predicted octanol–water partition coefficient (Wildman–Crippen LogP) is 2.86. The fourth-order valence-corrected chi connectivity index (χ4v) is 3.06. The Kier molecular flexibility index (Phi) is 5.56. The van der Waals surface area contributed by atoms with Gasteiger partial charge in [-0.05, 0) is 30.5 Å². The van der Waals surface area contributed by atoms with Gasteiger partial charge < -0.3 is 15.1 Å². The quantitative estimate of drug-likeness (QED) is 0.870. The zero-order valence-corrected chi connectivity index (χ0v) is 15.4. The lowest BCUT2D eigenvalue weighted by Gasteiger charge is -2.19. The monoisotopic (exact) mass is 351 g/mol. The van der Waals surface area contributed by atoms with E-state index in [1.807, 2.05) is 62.4 Å². The van der Waals surface area contributed by atoms with E-state index in [1.54, 1.807) is 9.80 Å². The van der Waals surface area contributed by atoms with Crippen molar-refractivity contribution < 1.29 is 9.59 Å². The first-order valence-corrected chi connectivity index (χ1v) is 8.93. The molecule has 136 valence electrons. The lowest BCUT2D eigenvalue weighted by atomic mass is 10.1. The van der Waals surface area contributed by atoms with E-state index < -0.39 is 0 Å². The van der Waals surface area contributed by atoms with Crippen LogP contribution in [0.15, 0.2) is 48.5 Å². The molecule has 0 bridgehead atoms. The maximum atomic E-state index is 12.5. The van der Waals surface area contributed by atoms with E-state index in [-0.39, 0.29) is 18.5 Å². The van der Waals surface area contributed by atoms with Gasteiger partial charge in [0.1, 0.15) is 6.54 Å². The summed E-state index contributed by atoms with van der Waals surface area (Å²) < 4.78 is 0. The molecule has 0 atom stereocenters. The van der Waals surface area contributed by atoms with E-state index in [0.29, 0.717) is 26.2 Å². The summed E-state index contributed by atoms with van der Waals surface area (Å²) in [5.41, 5.74) is 4.57. The van der Waals surface area contributed by atoms with Crippen LogP contribution in [0.4, 0.5) is 4.79 Å². The summed E-state index contributed by atoms with van der Waals surface area (Å²) in [5.74, 6) is -0.128. The Hall–Kier alpha value is -2.82. The molecule has 0 unspecified atom stereocenters. The average molecular weight is 351 g/mol. The van der Waals surface area contributed by atoms with Gasteiger partial charge in [0.05, 0.1) is 0 Å². The number of carbonyl (C=O) groups is 2. The van der Waals surface area contributed by atoms with Gasteiger partial charge in [-0.15, -0.1) is 0 Å². The molecule has 2 aromatic carbocycles. The summed E-state index contributed by atoms with van der Waals surface area (Å²) in [6.45, 7) is 6.49. The molecule has 0 saturated carbocycles. The smallest absolute Gasteiger partial charge is 0.320 e. The van der Waals surface area contributed by atoms with Crippen LogP contribution in [0, 0.1) is 13.8 Å². The molecule has 0 aliphatic carbocycles. The first-order valence-electron chi connectivity index (χ1n) is 8.93. The number of carbonyl (C=O) groups excluding carboxylic acids is 2. The molecule has 5 nitrogen and oxygen atoms in total. The number of hydrogen-bond acceptors (Lipinski definition) is 2. The zero-order chi connectivity index (χ0) is 18.5. The molecule has 1 heterocycles. The van der Waals surface area contributed by atoms with Crippen LogP contribution in [0.25, 0.3) is 0 Å². The van der Waals surface area contributed by atoms with Crippen molar-refractivity contribution in [3.05, 3.63) is 70.8 Å². The summed E-state index contributed by atoms with van der Waals surface area (Å²) in [7, 11) is 0. The minimum absolute atomic E-state index is 0.0706. The van der Waals surface area contributed by atoms with Crippen molar-refractivity contribution in [3.63, 3.8) is 0 Å². The molecular weight excluding hydrogens is 326 g/mol. The molecule has 1 saturated heterocycles. The van der Waals surface area contributed by atoms with Gasteiger partial charge in [0, 0.05) is 26.2 Å². The Morgan fingerprint density at radius 3 is 2.42 bits per heavy atom. The van der Waals surface area contributed by atoms with Crippen molar-refractivity contribution in [2.45, 2.75) is 26.9 Å². The minimum atomic E-state index is -0.128. The van der Waals surface area contributed by atoms with Crippen molar-refractivity contribution in [1.82, 2.24) is 15.1 Å². The van der Waals surface area contributed by atoms with Crippen LogP contribution in [0.3, 0.4) is 0 Å². The van der Waals surface area contributed by atoms with Crippen molar-refractivity contribution >= 4 is 11.9 Å². The third-order valence-corrected chi connectivity index (χ3v) is 4.75. The van der Waals surface area contributed by atoms with Crippen LogP contribution in [0.1, 0.15) is 22.3 Å². The van der Waals surface area contributed by atoms with Crippen LogP contribution >= 0.6 is 0 Å². The lowest BCUT2D eigenvalue weighted by molar-refractivity contribution is -0.121. The Bertz CT molecular complexity index is 786. The first-order chi connectivity index (χ1) is 12.5. The summed E-state index contributed by atoms with van der Waals surface area (Å²) in [6, 6.07) is 16.0. The van der Waals surface area contributed by atoms with E-state index in [4.69, 9.17) is 0 Å². The number of urea groups is 1. The number of amides is 3. The number of aryl methyl sites for hydroxylation is 2. The lowest BCUT2D eigenvalue weighted by Crippen LogP contribution is -2.39. The standard InChI is InChI=1S/C21H25N3O2/c1-16-7-9-18(10-8-16)13-22-20(25)15-24-12-11-23(21(24)26)14-19-6-4-3-5-17(19)2/h3-10H,11-15H2,1-2H3,(H,22,25). The van der Waals surface area contributed by atoms with E-state index in [1.165, 1.54) is 11.1 Å². The van der Waals surface area contributed by atoms with E-state index in [0.717, 1.165) is 11.1 Å². The number of hydrogen-bond donors (Lipinski definition) is 1. The van der Waals surface area contributed by atoms with Crippen LogP contribution in [-0.2, 0) is 17.9 Å². The summed E-state index contributed by atoms with van der Waals surface area (Å²) in [6.07, 6.45) is 0. The highest BCUT2D eigenvalue weighted by molar-refractivity contribution is 5.85. The second kappa shape index (κ2) is 8.04. The second-order valence-corrected chi connectivity index (χ2v) is 6.81. The van der Waals surface area contributed by atoms with Crippen molar-refractivity contribution in [3.8, 4) is 0 Å². The van der Waals surface area contributed by atoms with Gasteiger partial charge in [0.2, 0.25) is 5.91 Å². The van der Waals surface area contributed by atoms with E-state index in [2.05, 4.69) is 5.32 Å². The Labute approximate surface area is 154 Å². The van der Waals surface area contributed by atoms with Crippen molar-refractivity contribution in [2.24, 2.45) is 0 Å². The van der Waals surface area contributed by atoms with Crippen LogP contribution in [-0.4, -0.2) is 41.4 Å². The molecule has 0 spiro atoms. The molecular formula is C21H25N3O2. The molecule has 1 N–H and O–H groups in total. The Balaban J connectivity index is 1.49. The first kappa shape index (κ1) is 18.0. The Morgan fingerprint density at radius 1 is 1.00 bits per heavy atom. The summed E-state index contributed by atoms with van der Waals surface area (Å²) in [5, 5.41) is 2.89. The SMILES string of the molecule is Cc1ccc(CNC(=O)CN2CCN(Cc3ccccc3C)C2=O)cc1. The predicted molar refractivity (Wildman–Crippen MR) is 102 cm³/mol. The normalized spacial score (nSPS) is 14.0. The highest BCUT2D eigenvalue weighted by atomic mass is 16.2. The maximum Gasteiger partial charge on any atom is 0.320 e. The maximum absolute atomic E-state index is 12.5. The van der Waals surface area contributed by atoms with Crippen molar-refractivity contribution in [2.75, 3.05) is 19.6 Å². The Morgan fingerprint density at radius 2 is 1.69 bits per heavy atom. The largest absolute Gasteiger partial charge is 0.350 e. The fourth-order valence-electron chi connectivity index (χ4n) is 3.06. The summed E-state index contributed by atoms with van der Waals surface area (Å²) >= 11 is 0. The van der Waals surface area contributed by atoms with Gasteiger partial charge in [-0.3, -0.25) is 4.79 Å². The molecule has 2 aromatic rings. The van der Waals surface area contributed by atoms with Crippen LogP contribution in [0.2, 0.25) is 0 Å². The molecule has 3 rings (SSSR count). The van der Waals surface area contributed by atoms with Gasteiger partial charge in [0.15, 0.2) is 0 Å². The molecule has 1 aliphatic heterocycles. The second-order valence-electron chi connectivity index (χ2n) is 6.81. The highest BCUT2D eigenvalue weighted by Crippen LogP contribution is 2.15. The molecule has 1 aliphatic rings. The highest BCUT2D eigenvalue weighted by Gasteiger charge is 2.29. The third-order valence-electron chi connectivity index (χ3n) is 4.75. The van der Waals surface area contributed by atoms with Gasteiger partial charge in [0.25, 0.3) is 0 Å². The van der Waals surface area contributed by atoms with E-state index >= 15 is 0 Å². The zero-order valence-electron chi connectivity index (χ0n) is 15.4. The van der Waals surface area contributed by atoms with Crippen LogP contribution < -0.4 is 5.32 Å². The molecule has 5 heteroatoms. The van der Waals surface area contributed by atoms with Gasteiger partial charge in [-0.1, -0.05) is 54.1 Å². The number of nitrogens with one attached hydrogen (secondary N) is 1. The van der Waals surface area contributed by atoms with Gasteiger partial charge in [-0.2, -0.15) is 0 Å². The van der Waals surface area contributed by atoms with Crippen molar-refractivity contribution in [1.29, 1.82) is 0 Å². The molecule has 1 fully saturated rings. The number of nitrogens with zero attached hydrogens (tertiary/aromatic N) is 2. The minimum Gasteiger partial charge on any atom is -0.350 e. The van der Waals surface area contributed by atoms with Crippen LogP contribution in [0.5, 0.6) is 0 Å². The fraction of sp³-hybridized carbons (Fsp3) is 0.333. The number of rotatable bonds is 6. The molecule has 26 heavy (non-hydrogen) atoms. The molecule has 0 radical (unpaired) electrons. The summed E-state index contributed by atoms with van der Waals surface area (Å²) in [4.78, 5) is 28.1. The molecule has 0 aromatic heterocycles. The average Bonchev–Trinajstić information content (AvgIpc) is 2.96. The third kappa shape index (κ3) is 4.42. The number of benzene rings is 2. The van der Waals surface area contributed by atoms with E-state index in [9.17, 15) is 9.59 Å².